The summed E-state index contributed by atoms with van der Waals surface area (Å²) < 4.78 is 1.71. The van der Waals surface area contributed by atoms with Gasteiger partial charge in [0.15, 0.2) is 5.82 Å². The maximum Gasteiger partial charge on any atom is 0.174 e. The van der Waals surface area contributed by atoms with E-state index in [0.29, 0.717) is 0 Å². The lowest BCUT2D eigenvalue weighted by Gasteiger charge is -2.03. The minimum atomic E-state index is 0.725. The Labute approximate surface area is 110 Å². The summed E-state index contributed by atoms with van der Waals surface area (Å²) >= 11 is 0. The Bertz CT molecular complexity index is 657. The Morgan fingerprint density at radius 2 is 1.89 bits per heavy atom. The smallest absolute Gasteiger partial charge is 0.174 e. The quantitative estimate of drug-likeness (QED) is 0.709. The zero-order valence-corrected chi connectivity index (χ0v) is 10.5. The van der Waals surface area contributed by atoms with Gasteiger partial charge in [-0.2, -0.15) is 5.10 Å². The third kappa shape index (κ3) is 2.06. The first-order valence-electron chi connectivity index (χ1n) is 5.93. The number of benzene rings is 1. The van der Waals surface area contributed by atoms with Gasteiger partial charge in [0.25, 0.3) is 0 Å². The highest BCUT2D eigenvalue weighted by molar-refractivity contribution is 5.75. The molecule has 19 heavy (non-hydrogen) atoms. The number of anilines is 1. The van der Waals surface area contributed by atoms with Crippen molar-refractivity contribution in [2.75, 3.05) is 5.73 Å². The first kappa shape index (κ1) is 11.4. The molecule has 0 aliphatic carbocycles. The van der Waals surface area contributed by atoms with E-state index in [9.17, 15) is 0 Å². The van der Waals surface area contributed by atoms with Gasteiger partial charge in [-0.25, -0.2) is 9.67 Å². The summed E-state index contributed by atoms with van der Waals surface area (Å²) in [4.78, 5) is 8.49. The SMILES string of the molecule is Cc1nccnc1-n1cc(-c2ccccc2N)cn1. The predicted octanol–water partition coefficient (Wildman–Crippen LogP) is 2.22. The first-order valence-corrected chi connectivity index (χ1v) is 5.93. The van der Waals surface area contributed by atoms with Gasteiger partial charge in [-0.15, -0.1) is 0 Å². The molecule has 3 aromatic rings. The van der Waals surface area contributed by atoms with Gasteiger partial charge < -0.3 is 5.73 Å². The minimum Gasteiger partial charge on any atom is -0.398 e. The number of aryl methyl sites for hydroxylation is 1. The topological polar surface area (TPSA) is 69.6 Å². The van der Waals surface area contributed by atoms with Crippen molar-refractivity contribution >= 4 is 5.69 Å². The third-order valence-corrected chi connectivity index (χ3v) is 2.93. The summed E-state index contributed by atoms with van der Waals surface area (Å²) in [6, 6.07) is 7.72. The molecule has 0 aliphatic rings. The van der Waals surface area contributed by atoms with Crippen LogP contribution in [-0.4, -0.2) is 19.7 Å². The van der Waals surface area contributed by atoms with Crippen LogP contribution in [0.3, 0.4) is 0 Å². The molecule has 0 saturated heterocycles. The van der Waals surface area contributed by atoms with Crippen LogP contribution < -0.4 is 5.73 Å². The van der Waals surface area contributed by atoms with Crippen LogP contribution >= 0.6 is 0 Å². The third-order valence-electron chi connectivity index (χ3n) is 2.93. The second-order valence-corrected chi connectivity index (χ2v) is 4.23. The Kier molecular flexibility index (Phi) is 2.72. The average molecular weight is 251 g/mol. The van der Waals surface area contributed by atoms with Crippen LogP contribution in [0.15, 0.2) is 49.1 Å². The van der Waals surface area contributed by atoms with E-state index in [2.05, 4.69) is 15.1 Å². The van der Waals surface area contributed by atoms with E-state index >= 15 is 0 Å². The number of nitrogens with zero attached hydrogens (tertiary/aromatic N) is 4. The van der Waals surface area contributed by atoms with Crippen LogP contribution in [0, 0.1) is 6.92 Å². The summed E-state index contributed by atoms with van der Waals surface area (Å²) in [5, 5.41) is 4.32. The molecule has 0 amide bonds. The molecule has 5 heteroatoms. The van der Waals surface area contributed by atoms with Gasteiger partial charge in [-0.05, 0) is 13.0 Å². The van der Waals surface area contributed by atoms with Crippen molar-refractivity contribution in [2.45, 2.75) is 6.92 Å². The standard InChI is InChI=1S/C14H13N5/c1-10-14(17-7-6-16-10)19-9-11(8-18-19)12-4-2-3-5-13(12)15/h2-9H,15H2,1H3. The Morgan fingerprint density at radius 3 is 2.68 bits per heavy atom. The van der Waals surface area contributed by atoms with E-state index in [1.165, 1.54) is 0 Å². The number of nitrogen functional groups attached to an aromatic ring is 1. The molecule has 0 radical (unpaired) electrons. The van der Waals surface area contributed by atoms with Crippen molar-refractivity contribution in [3.63, 3.8) is 0 Å². The monoisotopic (exact) mass is 251 g/mol. The normalized spacial score (nSPS) is 10.6. The van der Waals surface area contributed by atoms with Crippen molar-refractivity contribution in [2.24, 2.45) is 0 Å². The second-order valence-electron chi connectivity index (χ2n) is 4.23. The Morgan fingerprint density at radius 1 is 1.11 bits per heavy atom. The number of hydrogen-bond acceptors (Lipinski definition) is 4. The minimum absolute atomic E-state index is 0.725. The van der Waals surface area contributed by atoms with E-state index in [1.807, 2.05) is 37.4 Å². The highest BCUT2D eigenvalue weighted by Gasteiger charge is 2.08. The van der Waals surface area contributed by atoms with E-state index in [0.717, 1.165) is 28.3 Å². The van der Waals surface area contributed by atoms with Crippen LogP contribution in [0.25, 0.3) is 16.9 Å². The fourth-order valence-corrected chi connectivity index (χ4v) is 1.96. The fraction of sp³-hybridized carbons (Fsp3) is 0.0714. The van der Waals surface area contributed by atoms with Crippen molar-refractivity contribution < 1.29 is 0 Å². The largest absolute Gasteiger partial charge is 0.398 e. The lowest BCUT2D eigenvalue weighted by Crippen LogP contribution is -2.01. The van der Waals surface area contributed by atoms with E-state index in [1.54, 1.807) is 23.3 Å². The molecular weight excluding hydrogens is 238 g/mol. The van der Waals surface area contributed by atoms with Crippen molar-refractivity contribution in [1.82, 2.24) is 19.7 Å². The summed E-state index contributed by atoms with van der Waals surface area (Å²) in [5.41, 5.74) is 9.46. The van der Waals surface area contributed by atoms with Crippen molar-refractivity contribution in [3.8, 4) is 16.9 Å². The van der Waals surface area contributed by atoms with Gasteiger partial charge in [0.2, 0.25) is 0 Å². The molecule has 94 valence electrons. The molecule has 5 nitrogen and oxygen atoms in total. The van der Waals surface area contributed by atoms with Crippen LogP contribution in [0.1, 0.15) is 5.69 Å². The first-order chi connectivity index (χ1) is 9.25. The maximum absolute atomic E-state index is 5.97. The molecule has 2 N–H and O–H groups in total. The Balaban J connectivity index is 2.06. The molecular formula is C14H13N5. The van der Waals surface area contributed by atoms with Gasteiger partial charge in [-0.3, -0.25) is 4.98 Å². The maximum atomic E-state index is 5.97. The molecule has 0 atom stereocenters. The molecule has 1 aromatic carbocycles. The highest BCUT2D eigenvalue weighted by Crippen LogP contribution is 2.25. The van der Waals surface area contributed by atoms with Gasteiger partial charge in [0.05, 0.1) is 11.9 Å². The van der Waals surface area contributed by atoms with Gasteiger partial charge in [0.1, 0.15) is 0 Å². The summed E-state index contributed by atoms with van der Waals surface area (Å²) in [7, 11) is 0. The number of aromatic nitrogens is 4. The van der Waals surface area contributed by atoms with Crippen LogP contribution in [-0.2, 0) is 0 Å². The molecule has 0 spiro atoms. The zero-order chi connectivity index (χ0) is 13.2. The molecule has 0 bridgehead atoms. The van der Waals surface area contributed by atoms with Crippen LogP contribution in [0.2, 0.25) is 0 Å². The average Bonchev–Trinajstić information content (AvgIpc) is 2.89. The lowest BCUT2D eigenvalue weighted by atomic mass is 10.1. The predicted molar refractivity (Wildman–Crippen MR) is 73.7 cm³/mol. The number of para-hydroxylation sites is 1. The van der Waals surface area contributed by atoms with E-state index < -0.39 is 0 Å². The number of rotatable bonds is 2. The van der Waals surface area contributed by atoms with Crippen LogP contribution in [0.5, 0.6) is 0 Å². The lowest BCUT2D eigenvalue weighted by molar-refractivity contribution is 0.824. The van der Waals surface area contributed by atoms with Crippen molar-refractivity contribution in [3.05, 3.63) is 54.7 Å². The van der Waals surface area contributed by atoms with Gasteiger partial charge in [-0.1, -0.05) is 18.2 Å². The highest BCUT2D eigenvalue weighted by atomic mass is 15.3. The van der Waals surface area contributed by atoms with Crippen LogP contribution in [0.4, 0.5) is 5.69 Å². The summed E-state index contributed by atoms with van der Waals surface area (Å²) in [5.74, 6) is 0.725. The molecule has 0 aliphatic heterocycles. The summed E-state index contributed by atoms with van der Waals surface area (Å²) in [6.45, 7) is 1.90. The number of hydrogen-bond donors (Lipinski definition) is 1. The molecule has 2 aromatic heterocycles. The molecule has 2 heterocycles. The van der Waals surface area contributed by atoms with Gasteiger partial charge in [0, 0.05) is 35.4 Å². The van der Waals surface area contributed by atoms with E-state index in [-0.39, 0.29) is 0 Å². The Hall–Kier alpha value is -2.69. The number of nitrogens with two attached hydrogens (primary N) is 1. The van der Waals surface area contributed by atoms with Crippen molar-refractivity contribution in [1.29, 1.82) is 0 Å². The van der Waals surface area contributed by atoms with E-state index in [4.69, 9.17) is 5.73 Å². The zero-order valence-electron chi connectivity index (χ0n) is 10.5. The fourth-order valence-electron chi connectivity index (χ4n) is 1.96. The molecule has 0 unspecified atom stereocenters. The second kappa shape index (κ2) is 4.53. The van der Waals surface area contributed by atoms with Gasteiger partial charge >= 0.3 is 0 Å². The molecule has 3 rings (SSSR count). The summed E-state index contributed by atoms with van der Waals surface area (Å²) in [6.07, 6.45) is 7.00. The molecule has 0 fully saturated rings. The molecule has 0 saturated carbocycles.